The highest BCUT2D eigenvalue weighted by Gasteiger charge is 2.24. The standard InChI is InChI=1S/C21H22FN5O2/c1-14(2)20-17(12-24-27(20)18-6-4-5-11-23-18)21(29)26(3)13-19(28)25-16-9-7-15(22)8-10-16/h4-12,14H,13H2,1-3H3,(H,25,28). The van der Waals surface area contributed by atoms with Crippen LogP contribution in [0.2, 0.25) is 0 Å². The molecule has 2 heterocycles. The van der Waals surface area contributed by atoms with Crippen LogP contribution in [0, 0.1) is 5.82 Å². The molecule has 0 saturated carbocycles. The third-order valence-corrected chi connectivity index (χ3v) is 4.31. The zero-order chi connectivity index (χ0) is 21.0. The molecule has 2 amide bonds. The fourth-order valence-corrected chi connectivity index (χ4v) is 2.97. The average molecular weight is 395 g/mol. The van der Waals surface area contributed by atoms with Gasteiger partial charge in [-0.15, -0.1) is 0 Å². The minimum atomic E-state index is -0.388. The summed E-state index contributed by atoms with van der Waals surface area (Å²) in [6, 6.07) is 10.9. The minimum Gasteiger partial charge on any atom is -0.332 e. The highest BCUT2D eigenvalue weighted by Crippen LogP contribution is 2.23. The largest absolute Gasteiger partial charge is 0.332 e. The van der Waals surface area contributed by atoms with Crippen molar-refractivity contribution in [1.82, 2.24) is 19.7 Å². The first-order valence-corrected chi connectivity index (χ1v) is 9.17. The summed E-state index contributed by atoms with van der Waals surface area (Å²) < 4.78 is 14.6. The van der Waals surface area contributed by atoms with Crippen molar-refractivity contribution in [3.05, 3.63) is 71.9 Å². The van der Waals surface area contributed by atoms with Gasteiger partial charge in [0.2, 0.25) is 5.91 Å². The average Bonchev–Trinajstić information content (AvgIpc) is 3.15. The Labute approximate surface area is 168 Å². The predicted molar refractivity (Wildman–Crippen MR) is 107 cm³/mol. The quantitative estimate of drug-likeness (QED) is 0.695. The summed E-state index contributed by atoms with van der Waals surface area (Å²) in [5, 5.41) is 6.98. The summed E-state index contributed by atoms with van der Waals surface area (Å²) in [6.45, 7) is 3.78. The lowest BCUT2D eigenvalue weighted by Gasteiger charge is -2.18. The summed E-state index contributed by atoms with van der Waals surface area (Å²) in [6.07, 6.45) is 3.16. The van der Waals surface area contributed by atoms with Crippen LogP contribution in [0.5, 0.6) is 0 Å². The van der Waals surface area contributed by atoms with E-state index in [4.69, 9.17) is 0 Å². The number of nitrogens with one attached hydrogen (secondary N) is 1. The number of nitrogens with zero attached hydrogens (tertiary/aromatic N) is 4. The van der Waals surface area contributed by atoms with E-state index in [-0.39, 0.29) is 30.1 Å². The van der Waals surface area contributed by atoms with E-state index in [0.717, 1.165) is 5.69 Å². The molecule has 3 rings (SSSR count). The van der Waals surface area contributed by atoms with Crippen LogP contribution in [0.1, 0.15) is 35.8 Å². The van der Waals surface area contributed by atoms with Gasteiger partial charge in [-0.1, -0.05) is 19.9 Å². The predicted octanol–water partition coefficient (Wildman–Crippen LogP) is 3.24. The van der Waals surface area contributed by atoms with Crippen molar-refractivity contribution in [3.63, 3.8) is 0 Å². The van der Waals surface area contributed by atoms with Gasteiger partial charge in [0.05, 0.1) is 24.0 Å². The number of amides is 2. The summed E-state index contributed by atoms with van der Waals surface area (Å²) in [5.74, 6) is -0.450. The molecule has 0 unspecified atom stereocenters. The molecule has 1 aromatic carbocycles. The first kappa shape index (κ1) is 20.2. The van der Waals surface area contributed by atoms with Crippen LogP contribution in [0.25, 0.3) is 5.82 Å². The zero-order valence-electron chi connectivity index (χ0n) is 16.5. The van der Waals surface area contributed by atoms with E-state index in [1.54, 1.807) is 17.9 Å². The fraction of sp³-hybridized carbons (Fsp3) is 0.238. The minimum absolute atomic E-state index is 0.0138. The molecule has 29 heavy (non-hydrogen) atoms. The Bertz CT molecular complexity index is 1000. The molecule has 0 atom stereocenters. The van der Waals surface area contributed by atoms with Gasteiger partial charge < -0.3 is 10.2 Å². The number of rotatable bonds is 6. The molecule has 0 aliphatic carbocycles. The van der Waals surface area contributed by atoms with Gasteiger partial charge in [0.1, 0.15) is 5.82 Å². The second-order valence-electron chi connectivity index (χ2n) is 6.91. The molecule has 3 aromatic rings. The third-order valence-electron chi connectivity index (χ3n) is 4.31. The lowest BCUT2D eigenvalue weighted by Crippen LogP contribution is -2.35. The maximum atomic E-state index is 13.0. The summed E-state index contributed by atoms with van der Waals surface area (Å²) in [7, 11) is 1.55. The Balaban J connectivity index is 1.76. The highest BCUT2D eigenvalue weighted by atomic mass is 19.1. The van der Waals surface area contributed by atoms with E-state index >= 15 is 0 Å². The molecule has 7 nitrogen and oxygen atoms in total. The molecule has 0 bridgehead atoms. The van der Waals surface area contributed by atoms with Crippen LogP contribution in [-0.2, 0) is 4.79 Å². The Morgan fingerprint density at radius 3 is 2.52 bits per heavy atom. The molecular formula is C21H22FN5O2. The monoisotopic (exact) mass is 395 g/mol. The smallest absolute Gasteiger partial charge is 0.257 e. The zero-order valence-corrected chi connectivity index (χ0v) is 16.5. The summed E-state index contributed by atoms with van der Waals surface area (Å²) >= 11 is 0. The third kappa shape index (κ3) is 4.66. The van der Waals surface area contributed by atoms with Gasteiger partial charge in [-0.25, -0.2) is 14.1 Å². The second-order valence-corrected chi connectivity index (χ2v) is 6.91. The number of likely N-dealkylation sites (N-methyl/N-ethyl adjacent to an activating group) is 1. The number of aromatic nitrogens is 3. The fourth-order valence-electron chi connectivity index (χ4n) is 2.97. The molecule has 150 valence electrons. The normalized spacial score (nSPS) is 10.8. The van der Waals surface area contributed by atoms with E-state index in [1.807, 2.05) is 32.0 Å². The molecule has 0 radical (unpaired) electrons. The van der Waals surface area contributed by atoms with Crippen molar-refractivity contribution in [2.75, 3.05) is 18.9 Å². The molecule has 0 spiro atoms. The molecule has 2 aromatic heterocycles. The number of hydrogen-bond donors (Lipinski definition) is 1. The lowest BCUT2D eigenvalue weighted by molar-refractivity contribution is -0.116. The number of carbonyl (C=O) groups excluding carboxylic acids is 2. The Morgan fingerprint density at radius 2 is 1.90 bits per heavy atom. The van der Waals surface area contributed by atoms with Crippen LogP contribution in [0.15, 0.2) is 54.9 Å². The molecule has 0 fully saturated rings. The number of benzene rings is 1. The van der Waals surface area contributed by atoms with Crippen LogP contribution in [0.4, 0.5) is 10.1 Å². The van der Waals surface area contributed by atoms with E-state index in [1.165, 1.54) is 35.4 Å². The van der Waals surface area contributed by atoms with Crippen molar-refractivity contribution < 1.29 is 14.0 Å². The maximum Gasteiger partial charge on any atom is 0.257 e. The summed E-state index contributed by atoms with van der Waals surface area (Å²) in [4.78, 5) is 30.8. The Hall–Kier alpha value is -3.55. The molecule has 0 aliphatic rings. The van der Waals surface area contributed by atoms with Gasteiger partial charge in [0, 0.05) is 18.9 Å². The molecule has 0 aliphatic heterocycles. The van der Waals surface area contributed by atoms with Crippen molar-refractivity contribution in [2.45, 2.75) is 19.8 Å². The topological polar surface area (TPSA) is 80.1 Å². The summed E-state index contributed by atoms with van der Waals surface area (Å²) in [5.41, 5.74) is 1.60. The maximum absolute atomic E-state index is 13.0. The SMILES string of the molecule is CC(C)c1c(C(=O)N(C)CC(=O)Nc2ccc(F)cc2)cnn1-c1ccccn1. The van der Waals surface area contributed by atoms with Gasteiger partial charge in [0.15, 0.2) is 5.82 Å². The van der Waals surface area contributed by atoms with Crippen molar-refractivity contribution in [2.24, 2.45) is 0 Å². The Kier molecular flexibility index (Phi) is 6.01. The molecule has 0 saturated heterocycles. The number of halogens is 1. The van der Waals surface area contributed by atoms with Crippen molar-refractivity contribution in [1.29, 1.82) is 0 Å². The number of hydrogen-bond acceptors (Lipinski definition) is 4. The van der Waals surface area contributed by atoms with E-state index in [0.29, 0.717) is 17.1 Å². The number of pyridine rings is 1. The molecule has 8 heteroatoms. The van der Waals surface area contributed by atoms with E-state index < -0.39 is 0 Å². The van der Waals surface area contributed by atoms with Gasteiger partial charge in [-0.2, -0.15) is 5.10 Å². The lowest BCUT2D eigenvalue weighted by atomic mass is 10.0. The molecular weight excluding hydrogens is 373 g/mol. The second kappa shape index (κ2) is 8.64. The van der Waals surface area contributed by atoms with Crippen LogP contribution in [0.3, 0.4) is 0 Å². The van der Waals surface area contributed by atoms with Gasteiger partial charge in [0.25, 0.3) is 5.91 Å². The van der Waals surface area contributed by atoms with E-state index in [9.17, 15) is 14.0 Å². The van der Waals surface area contributed by atoms with Gasteiger partial charge >= 0.3 is 0 Å². The van der Waals surface area contributed by atoms with Gasteiger partial charge in [-0.05, 0) is 42.3 Å². The van der Waals surface area contributed by atoms with Gasteiger partial charge in [-0.3, -0.25) is 9.59 Å². The Morgan fingerprint density at radius 1 is 1.17 bits per heavy atom. The van der Waals surface area contributed by atoms with Crippen LogP contribution >= 0.6 is 0 Å². The van der Waals surface area contributed by atoms with E-state index in [2.05, 4.69) is 15.4 Å². The first-order chi connectivity index (χ1) is 13.9. The highest BCUT2D eigenvalue weighted by molar-refractivity contribution is 5.99. The number of anilines is 1. The molecule has 1 N–H and O–H groups in total. The van der Waals surface area contributed by atoms with Crippen LogP contribution in [-0.4, -0.2) is 45.1 Å². The number of carbonyl (C=O) groups is 2. The van der Waals surface area contributed by atoms with Crippen LogP contribution < -0.4 is 5.32 Å². The van der Waals surface area contributed by atoms with Crippen molar-refractivity contribution in [3.8, 4) is 5.82 Å². The van der Waals surface area contributed by atoms with Crippen molar-refractivity contribution >= 4 is 17.5 Å². The first-order valence-electron chi connectivity index (χ1n) is 9.17.